The summed E-state index contributed by atoms with van der Waals surface area (Å²) in [5, 5.41) is 11.8. The van der Waals surface area contributed by atoms with Gasteiger partial charge >= 0.3 is 12.4 Å². The van der Waals surface area contributed by atoms with Crippen LogP contribution in [0.2, 0.25) is 0 Å². The zero-order chi connectivity index (χ0) is 21.7. The summed E-state index contributed by atoms with van der Waals surface area (Å²) >= 11 is 0. The molecule has 0 bridgehead atoms. The quantitative estimate of drug-likeness (QED) is 0.748. The number of amides is 1. The van der Waals surface area contributed by atoms with Gasteiger partial charge in [-0.25, -0.2) is 9.97 Å². The first-order valence-electron chi connectivity index (χ1n) is 7.99. The first-order chi connectivity index (χ1) is 12.4. The van der Waals surface area contributed by atoms with Gasteiger partial charge in [0.25, 0.3) is 0 Å². The average Bonchev–Trinajstić information content (AvgIpc) is 2.79. The molecule has 0 saturated heterocycles. The van der Waals surface area contributed by atoms with Gasteiger partial charge in [0.1, 0.15) is 16.7 Å². The van der Waals surface area contributed by atoms with Crippen molar-refractivity contribution in [2.45, 2.75) is 57.6 Å². The minimum atomic E-state index is -4.90. The molecule has 0 aliphatic rings. The third kappa shape index (κ3) is 4.37. The van der Waals surface area contributed by atoms with E-state index in [1.54, 1.807) is 0 Å². The van der Waals surface area contributed by atoms with Gasteiger partial charge in [0.15, 0.2) is 5.65 Å². The lowest BCUT2D eigenvalue weighted by atomic mass is 10.0. The molecule has 0 atom stereocenters. The van der Waals surface area contributed by atoms with Crippen molar-refractivity contribution in [3.63, 3.8) is 0 Å². The number of nitrogens with zero attached hydrogens (tertiary/aromatic N) is 3. The van der Waals surface area contributed by atoms with E-state index >= 15 is 0 Å². The Kier molecular flexibility index (Phi) is 5.17. The van der Waals surface area contributed by atoms with Crippen molar-refractivity contribution in [2.75, 3.05) is 5.32 Å². The molecular formula is C16H18F6N4O2. The van der Waals surface area contributed by atoms with Crippen LogP contribution in [0, 0.1) is 0 Å². The Bertz CT molecular complexity index is 893. The number of fused-ring (bicyclic) bond motifs is 1. The molecule has 0 saturated carbocycles. The van der Waals surface area contributed by atoms with E-state index in [1.807, 2.05) is 0 Å². The van der Waals surface area contributed by atoms with E-state index in [9.17, 15) is 36.2 Å². The van der Waals surface area contributed by atoms with Gasteiger partial charge in [-0.2, -0.15) is 26.3 Å². The van der Waals surface area contributed by atoms with Gasteiger partial charge in [0, 0.05) is 0 Å². The van der Waals surface area contributed by atoms with E-state index in [1.165, 1.54) is 13.8 Å². The molecule has 2 aromatic heterocycles. The Hall–Kier alpha value is -2.37. The van der Waals surface area contributed by atoms with E-state index in [4.69, 9.17) is 0 Å². The monoisotopic (exact) mass is 412 g/mol. The van der Waals surface area contributed by atoms with Crippen LogP contribution in [0.1, 0.15) is 39.8 Å². The second-order valence-corrected chi connectivity index (χ2v) is 7.40. The molecule has 12 heteroatoms. The molecule has 0 aliphatic carbocycles. The van der Waals surface area contributed by atoms with Crippen molar-refractivity contribution in [3.05, 3.63) is 17.8 Å². The Balaban J connectivity index is 2.69. The number of imidazole rings is 1. The molecule has 2 N–H and O–H groups in total. The van der Waals surface area contributed by atoms with Crippen molar-refractivity contribution < 1.29 is 36.2 Å². The topological polar surface area (TPSA) is 80.0 Å². The maximum Gasteiger partial charge on any atom is 0.433 e. The zero-order valence-electron chi connectivity index (χ0n) is 15.3. The molecule has 0 aromatic carbocycles. The average molecular weight is 412 g/mol. The molecule has 28 heavy (non-hydrogen) atoms. The van der Waals surface area contributed by atoms with Gasteiger partial charge < -0.3 is 5.11 Å². The van der Waals surface area contributed by atoms with Crippen LogP contribution in [-0.4, -0.2) is 37.3 Å². The molecule has 0 radical (unpaired) electrons. The number of pyridine rings is 1. The first-order valence-corrected chi connectivity index (χ1v) is 7.99. The van der Waals surface area contributed by atoms with Gasteiger partial charge in [-0.15, -0.1) is 0 Å². The molecule has 0 fully saturated rings. The SMILES string of the molecule is CC(C)(O)CC(=O)Nc1nc2ccc(C(F)(F)F)nc2n1C(C)(C)C(F)(F)F. The minimum Gasteiger partial charge on any atom is -0.390 e. The van der Waals surface area contributed by atoms with Crippen LogP contribution < -0.4 is 5.32 Å². The summed E-state index contributed by atoms with van der Waals surface area (Å²) in [5.74, 6) is -1.49. The molecule has 6 nitrogen and oxygen atoms in total. The molecule has 2 rings (SSSR count). The number of halogens is 6. The van der Waals surface area contributed by atoms with Crippen LogP contribution in [0.3, 0.4) is 0 Å². The van der Waals surface area contributed by atoms with Crippen LogP contribution in [0.5, 0.6) is 0 Å². The predicted octanol–water partition coefficient (Wildman–Crippen LogP) is 3.85. The summed E-state index contributed by atoms with van der Waals surface area (Å²) in [4.78, 5) is 19.2. The van der Waals surface area contributed by atoms with Crippen molar-refractivity contribution in [2.24, 2.45) is 0 Å². The number of carbonyl (C=O) groups is 1. The minimum absolute atomic E-state index is 0.260. The maximum absolute atomic E-state index is 13.6. The van der Waals surface area contributed by atoms with Gasteiger partial charge in [-0.05, 0) is 39.8 Å². The fourth-order valence-corrected chi connectivity index (χ4v) is 2.42. The van der Waals surface area contributed by atoms with Gasteiger partial charge in [0.2, 0.25) is 11.9 Å². The Morgan fingerprint density at radius 2 is 1.64 bits per heavy atom. The zero-order valence-corrected chi connectivity index (χ0v) is 15.3. The number of aromatic nitrogens is 3. The van der Waals surface area contributed by atoms with Crippen LogP contribution in [0.25, 0.3) is 11.2 Å². The van der Waals surface area contributed by atoms with Crippen LogP contribution in [-0.2, 0) is 16.5 Å². The lowest BCUT2D eigenvalue weighted by Gasteiger charge is -2.31. The van der Waals surface area contributed by atoms with Gasteiger partial charge in [-0.3, -0.25) is 14.7 Å². The van der Waals surface area contributed by atoms with Crippen LogP contribution in [0.4, 0.5) is 32.3 Å². The Morgan fingerprint density at radius 1 is 1.07 bits per heavy atom. The third-order valence-corrected chi connectivity index (χ3v) is 3.89. The number of carbonyl (C=O) groups excluding carboxylic acids is 1. The van der Waals surface area contributed by atoms with Crippen LogP contribution >= 0.6 is 0 Å². The summed E-state index contributed by atoms with van der Waals surface area (Å²) in [7, 11) is 0. The molecule has 0 aliphatic heterocycles. The Morgan fingerprint density at radius 3 is 2.11 bits per heavy atom. The van der Waals surface area contributed by atoms with Gasteiger partial charge in [0.05, 0.1) is 12.0 Å². The molecular weight excluding hydrogens is 394 g/mol. The Labute approximate surface area is 155 Å². The standard InChI is InChI=1S/C16H18F6N4O2/c1-13(2,28)7-10(27)25-12-23-8-5-6-9(15(17,18)19)24-11(8)26(12)14(3,4)16(20,21)22/h5-6,28H,7H2,1-4H3,(H,23,25,27). The molecule has 2 aromatic rings. The summed E-state index contributed by atoms with van der Waals surface area (Å²) in [5.41, 5.74) is -6.54. The fourth-order valence-electron chi connectivity index (χ4n) is 2.42. The predicted molar refractivity (Wildman–Crippen MR) is 87.5 cm³/mol. The van der Waals surface area contributed by atoms with E-state index in [2.05, 4.69) is 15.3 Å². The van der Waals surface area contributed by atoms with Crippen molar-refractivity contribution in [1.82, 2.24) is 14.5 Å². The number of rotatable bonds is 4. The summed E-state index contributed by atoms with van der Waals surface area (Å²) in [6.07, 6.45) is -10.2. The van der Waals surface area contributed by atoms with E-state index in [0.29, 0.717) is 10.6 Å². The molecule has 0 unspecified atom stereocenters. The first kappa shape index (κ1) is 21.9. The summed E-state index contributed by atoms with van der Waals surface area (Å²) in [6, 6.07) is 1.46. The maximum atomic E-state index is 13.6. The number of alkyl halides is 6. The lowest BCUT2D eigenvalue weighted by molar-refractivity contribution is -0.201. The van der Waals surface area contributed by atoms with E-state index in [0.717, 1.165) is 19.9 Å². The molecule has 156 valence electrons. The number of hydrogen-bond donors (Lipinski definition) is 2. The fraction of sp³-hybridized carbons (Fsp3) is 0.562. The highest BCUT2D eigenvalue weighted by Gasteiger charge is 2.51. The second kappa shape index (κ2) is 6.61. The lowest BCUT2D eigenvalue weighted by Crippen LogP contribution is -2.43. The van der Waals surface area contributed by atoms with Crippen molar-refractivity contribution in [3.8, 4) is 0 Å². The summed E-state index contributed by atoms with van der Waals surface area (Å²) in [6.45, 7) is 4.07. The summed E-state index contributed by atoms with van der Waals surface area (Å²) < 4.78 is 80.1. The van der Waals surface area contributed by atoms with Crippen molar-refractivity contribution >= 4 is 23.0 Å². The van der Waals surface area contributed by atoms with E-state index in [-0.39, 0.29) is 5.52 Å². The number of nitrogens with one attached hydrogen (secondary N) is 1. The highest BCUT2D eigenvalue weighted by atomic mass is 19.4. The number of hydrogen-bond acceptors (Lipinski definition) is 4. The molecule has 1 amide bonds. The highest BCUT2D eigenvalue weighted by Crippen LogP contribution is 2.41. The third-order valence-electron chi connectivity index (χ3n) is 3.89. The number of anilines is 1. The van der Waals surface area contributed by atoms with Gasteiger partial charge in [-0.1, -0.05) is 0 Å². The van der Waals surface area contributed by atoms with Crippen molar-refractivity contribution in [1.29, 1.82) is 0 Å². The van der Waals surface area contributed by atoms with E-state index < -0.39 is 53.1 Å². The molecule has 2 heterocycles. The normalized spacial score (nSPS) is 13.8. The van der Waals surface area contributed by atoms with Crippen LogP contribution in [0.15, 0.2) is 12.1 Å². The smallest absolute Gasteiger partial charge is 0.390 e. The molecule has 0 spiro atoms. The largest absolute Gasteiger partial charge is 0.433 e. The number of aliphatic hydroxyl groups is 1. The highest BCUT2D eigenvalue weighted by molar-refractivity contribution is 5.91. The second-order valence-electron chi connectivity index (χ2n) is 7.40.